The first-order valence-corrected chi connectivity index (χ1v) is 9.85. The maximum atomic E-state index is 10.5. The van der Waals surface area contributed by atoms with Gasteiger partial charge in [0.1, 0.15) is 11.5 Å². The van der Waals surface area contributed by atoms with Gasteiger partial charge >= 0.3 is 0 Å². The van der Waals surface area contributed by atoms with E-state index in [1.54, 1.807) is 0 Å². The molecule has 1 aliphatic rings. The van der Waals surface area contributed by atoms with Crippen molar-refractivity contribution in [1.29, 1.82) is 0 Å². The topological polar surface area (TPSA) is 55.5 Å². The molecule has 2 rings (SSSR count). The molecule has 0 radical (unpaired) electrons. The van der Waals surface area contributed by atoms with Crippen LogP contribution in [-0.2, 0) is 6.42 Å². The summed E-state index contributed by atoms with van der Waals surface area (Å²) in [5.41, 5.74) is 6.37. The molecule has 3 heteroatoms. The minimum Gasteiger partial charge on any atom is -0.494 e. The van der Waals surface area contributed by atoms with Crippen LogP contribution in [0, 0.1) is 5.92 Å². The molecule has 0 aromatic heterocycles. The zero-order valence-corrected chi connectivity index (χ0v) is 15.3. The molecule has 3 N–H and O–H groups in total. The van der Waals surface area contributed by atoms with E-state index in [2.05, 4.69) is 19.1 Å². The van der Waals surface area contributed by atoms with Crippen LogP contribution in [0.4, 0.5) is 0 Å². The van der Waals surface area contributed by atoms with Crippen LogP contribution >= 0.6 is 0 Å². The monoisotopic (exact) mass is 333 g/mol. The van der Waals surface area contributed by atoms with Crippen molar-refractivity contribution in [2.24, 2.45) is 11.7 Å². The lowest BCUT2D eigenvalue weighted by atomic mass is 9.86. The third-order valence-electron chi connectivity index (χ3n) is 5.26. The van der Waals surface area contributed by atoms with Gasteiger partial charge in [0.2, 0.25) is 0 Å². The molecule has 1 aromatic rings. The number of unbranched alkanes of at least 4 members (excludes halogenated alkanes) is 4. The summed E-state index contributed by atoms with van der Waals surface area (Å²) in [5, 5.41) is 10.5. The van der Waals surface area contributed by atoms with Gasteiger partial charge in [-0.15, -0.1) is 0 Å². The highest BCUT2D eigenvalue weighted by Crippen LogP contribution is 2.31. The zero-order valence-electron chi connectivity index (χ0n) is 15.3. The molecule has 136 valence electrons. The number of hydrogen-bond donors (Lipinski definition) is 2. The Hall–Kier alpha value is -1.06. The van der Waals surface area contributed by atoms with Crippen molar-refractivity contribution >= 4 is 0 Å². The molecule has 1 fully saturated rings. The zero-order chi connectivity index (χ0) is 17.3. The van der Waals surface area contributed by atoms with E-state index < -0.39 is 5.72 Å². The summed E-state index contributed by atoms with van der Waals surface area (Å²) < 4.78 is 5.82. The van der Waals surface area contributed by atoms with Gasteiger partial charge in [-0.3, -0.25) is 0 Å². The molecular formula is C21H35NO2. The van der Waals surface area contributed by atoms with Gasteiger partial charge in [0.15, 0.2) is 0 Å². The molecule has 1 aromatic carbocycles. The molecule has 0 spiro atoms. The highest BCUT2D eigenvalue weighted by Gasteiger charge is 2.33. The molecule has 0 unspecified atom stereocenters. The van der Waals surface area contributed by atoms with Crippen LogP contribution in [-0.4, -0.2) is 17.4 Å². The Morgan fingerprint density at radius 1 is 1.08 bits per heavy atom. The van der Waals surface area contributed by atoms with Crippen LogP contribution in [0.2, 0.25) is 0 Å². The van der Waals surface area contributed by atoms with Gasteiger partial charge in [-0.05, 0) is 49.8 Å². The summed E-state index contributed by atoms with van der Waals surface area (Å²) in [6.45, 7) is 3.03. The van der Waals surface area contributed by atoms with Crippen molar-refractivity contribution in [3.8, 4) is 5.75 Å². The molecule has 0 saturated heterocycles. The Balaban J connectivity index is 1.77. The fourth-order valence-electron chi connectivity index (χ4n) is 3.61. The van der Waals surface area contributed by atoms with Gasteiger partial charge < -0.3 is 15.6 Å². The van der Waals surface area contributed by atoms with Crippen molar-refractivity contribution in [2.75, 3.05) is 6.61 Å². The molecule has 3 nitrogen and oxygen atoms in total. The Morgan fingerprint density at radius 2 is 1.83 bits per heavy atom. The molecular weight excluding hydrogens is 298 g/mol. The first kappa shape index (κ1) is 19.3. The van der Waals surface area contributed by atoms with Crippen molar-refractivity contribution in [2.45, 2.75) is 83.3 Å². The normalized spacial score (nSPS) is 24.5. The summed E-state index contributed by atoms with van der Waals surface area (Å²) >= 11 is 0. The lowest BCUT2D eigenvalue weighted by Gasteiger charge is -2.31. The van der Waals surface area contributed by atoms with Crippen LogP contribution in [0.25, 0.3) is 0 Å². The molecule has 1 saturated carbocycles. The van der Waals surface area contributed by atoms with Crippen molar-refractivity contribution in [3.63, 3.8) is 0 Å². The van der Waals surface area contributed by atoms with Gasteiger partial charge in [-0.1, -0.05) is 57.6 Å². The van der Waals surface area contributed by atoms with Crippen molar-refractivity contribution in [3.05, 3.63) is 29.8 Å². The molecule has 0 heterocycles. The van der Waals surface area contributed by atoms with Crippen molar-refractivity contribution < 1.29 is 9.84 Å². The number of ether oxygens (including phenoxy) is 1. The SMILES string of the molecule is CCCCCCCOc1ccc(C[C@@H]2CCCCC[C@]2(N)O)cc1. The largest absolute Gasteiger partial charge is 0.494 e. The summed E-state index contributed by atoms with van der Waals surface area (Å²) in [6.07, 6.45) is 12.3. The van der Waals surface area contributed by atoms with E-state index in [-0.39, 0.29) is 5.92 Å². The van der Waals surface area contributed by atoms with E-state index in [1.165, 1.54) is 44.1 Å². The van der Waals surface area contributed by atoms with E-state index in [9.17, 15) is 5.11 Å². The second-order valence-corrected chi connectivity index (χ2v) is 7.40. The molecule has 0 amide bonds. The van der Waals surface area contributed by atoms with Gasteiger partial charge in [0.05, 0.1) is 6.61 Å². The fourth-order valence-corrected chi connectivity index (χ4v) is 3.61. The van der Waals surface area contributed by atoms with Crippen LogP contribution in [0.5, 0.6) is 5.75 Å². The maximum absolute atomic E-state index is 10.5. The second-order valence-electron chi connectivity index (χ2n) is 7.40. The molecule has 0 bridgehead atoms. The van der Waals surface area contributed by atoms with Gasteiger partial charge in [-0.2, -0.15) is 0 Å². The number of benzene rings is 1. The first-order valence-electron chi connectivity index (χ1n) is 9.85. The van der Waals surface area contributed by atoms with Crippen LogP contribution in [0.3, 0.4) is 0 Å². The second kappa shape index (κ2) is 10.0. The Kier molecular flexibility index (Phi) is 8.07. The number of nitrogens with two attached hydrogens (primary N) is 1. The Morgan fingerprint density at radius 3 is 2.58 bits per heavy atom. The van der Waals surface area contributed by atoms with E-state index >= 15 is 0 Å². The fraction of sp³-hybridized carbons (Fsp3) is 0.714. The van der Waals surface area contributed by atoms with Crippen molar-refractivity contribution in [1.82, 2.24) is 0 Å². The Bertz CT molecular complexity index is 455. The Labute approximate surface area is 147 Å². The van der Waals surface area contributed by atoms with Crippen LogP contribution < -0.4 is 10.5 Å². The van der Waals surface area contributed by atoms with Gasteiger partial charge in [-0.25, -0.2) is 0 Å². The van der Waals surface area contributed by atoms with Crippen LogP contribution in [0.1, 0.15) is 76.7 Å². The highest BCUT2D eigenvalue weighted by atomic mass is 16.5. The van der Waals surface area contributed by atoms with E-state index in [4.69, 9.17) is 10.5 Å². The summed E-state index contributed by atoms with van der Waals surface area (Å²) in [4.78, 5) is 0. The average Bonchev–Trinajstić information content (AvgIpc) is 2.73. The van der Waals surface area contributed by atoms with E-state index in [0.29, 0.717) is 0 Å². The van der Waals surface area contributed by atoms with Gasteiger partial charge in [0.25, 0.3) is 0 Å². The highest BCUT2D eigenvalue weighted by molar-refractivity contribution is 5.27. The predicted molar refractivity (Wildman–Crippen MR) is 100 cm³/mol. The number of aliphatic hydroxyl groups is 1. The molecule has 24 heavy (non-hydrogen) atoms. The minimum absolute atomic E-state index is 0.158. The predicted octanol–water partition coefficient (Wildman–Crippen LogP) is 4.81. The standard InChI is InChI=1S/C21H35NO2/c1-2-3-4-5-9-16-24-20-13-11-18(12-14-20)17-19-10-7-6-8-15-21(19,22)23/h11-14,19,23H,2-10,15-17,22H2,1H3/t19-,21-/m0/s1. The molecule has 2 atom stereocenters. The third-order valence-corrected chi connectivity index (χ3v) is 5.26. The summed E-state index contributed by atoms with van der Waals surface area (Å²) in [5.74, 6) is 1.10. The van der Waals surface area contributed by atoms with Crippen LogP contribution in [0.15, 0.2) is 24.3 Å². The van der Waals surface area contributed by atoms with E-state index in [0.717, 1.165) is 44.5 Å². The van der Waals surface area contributed by atoms with E-state index in [1.807, 2.05) is 12.1 Å². The quantitative estimate of drug-likeness (QED) is 0.387. The first-order chi connectivity index (χ1) is 11.6. The number of rotatable bonds is 9. The molecule has 1 aliphatic carbocycles. The number of hydrogen-bond acceptors (Lipinski definition) is 3. The summed E-state index contributed by atoms with van der Waals surface area (Å²) in [7, 11) is 0. The third kappa shape index (κ3) is 6.45. The minimum atomic E-state index is -1.01. The lowest BCUT2D eigenvalue weighted by molar-refractivity contribution is -0.0190. The maximum Gasteiger partial charge on any atom is 0.119 e. The molecule has 0 aliphatic heterocycles. The van der Waals surface area contributed by atoms with Gasteiger partial charge in [0, 0.05) is 5.92 Å². The average molecular weight is 334 g/mol. The smallest absolute Gasteiger partial charge is 0.119 e. The summed E-state index contributed by atoms with van der Waals surface area (Å²) in [6, 6.07) is 8.34. The lowest BCUT2D eigenvalue weighted by Crippen LogP contribution is -2.47.